The quantitative estimate of drug-likeness (QED) is 0.136. The smallest absolute Gasteiger partial charge is 0.675 e. The van der Waals surface area contributed by atoms with E-state index < -0.39 is 0 Å². The third-order valence-corrected chi connectivity index (χ3v) is 0.378. The van der Waals surface area contributed by atoms with Gasteiger partial charge in [-0.05, 0) is 0 Å². The van der Waals surface area contributed by atoms with Crippen molar-refractivity contribution in [1.29, 1.82) is 0 Å². The largest absolute Gasteiger partial charge is 1.00 e. The van der Waals surface area contributed by atoms with Crippen molar-refractivity contribution in [2.24, 2.45) is 0 Å². The van der Waals surface area contributed by atoms with Gasteiger partial charge in [-0.2, -0.15) is 0 Å². The van der Waals surface area contributed by atoms with Gasteiger partial charge in [0.05, 0.1) is 0 Å². The number of hydrogen-bond acceptors (Lipinski definition) is 2. The Kier molecular flexibility index (Phi) is 13.9. The Morgan fingerprint density at radius 3 is 2.62 bits per heavy atom. The van der Waals surface area contributed by atoms with Crippen molar-refractivity contribution in [1.82, 2.24) is 0 Å². The zero-order valence-corrected chi connectivity index (χ0v) is 5.60. The van der Waals surface area contributed by atoms with Crippen LogP contribution in [-0.4, -0.2) is 13.9 Å². The zero-order valence-electron chi connectivity index (χ0n) is 5.60. The normalized spacial score (nSPS) is 8.75. The first-order chi connectivity index (χ1) is 3.41. The van der Waals surface area contributed by atoms with Crippen LogP contribution in [0.3, 0.4) is 0 Å². The van der Waals surface area contributed by atoms with Crippen molar-refractivity contribution in [3.8, 4) is 0 Å². The molecular formula is C5H9LiO2. The third-order valence-electron chi connectivity index (χ3n) is 0.378. The fraction of sp³-hybridized carbons (Fsp3) is 0.600. The predicted octanol–water partition coefficient (Wildman–Crippen LogP) is -2.05. The second-order valence-electron chi connectivity index (χ2n) is 0.957. The van der Waals surface area contributed by atoms with Crippen molar-refractivity contribution in [2.45, 2.75) is 6.92 Å². The van der Waals surface area contributed by atoms with Crippen LogP contribution in [0.25, 0.3) is 0 Å². The summed E-state index contributed by atoms with van der Waals surface area (Å²) in [5, 5.41) is 0. The maximum absolute atomic E-state index is 4.60. The molecule has 0 amide bonds. The molecule has 0 aliphatic carbocycles. The minimum absolute atomic E-state index is 0. The van der Waals surface area contributed by atoms with Crippen LogP contribution >= 0.6 is 0 Å². The van der Waals surface area contributed by atoms with E-state index in [4.69, 9.17) is 0 Å². The van der Waals surface area contributed by atoms with Crippen molar-refractivity contribution in [3.05, 3.63) is 12.3 Å². The van der Waals surface area contributed by atoms with Crippen LogP contribution in [0.5, 0.6) is 0 Å². The molecule has 3 heteroatoms. The molecule has 0 radical (unpaired) electrons. The Balaban J connectivity index is 0. The minimum Gasteiger partial charge on any atom is -0.675 e. The Labute approximate surface area is 62.0 Å². The van der Waals surface area contributed by atoms with Crippen LogP contribution in [0.2, 0.25) is 0 Å². The standard InChI is InChI=1S/C5H9O2.Li/c1-3-4-7-5-6-2;/h3H,5H2,1-2H3;/q-1;+1. The van der Waals surface area contributed by atoms with Crippen LogP contribution in [0.15, 0.2) is 6.08 Å². The van der Waals surface area contributed by atoms with Crippen LogP contribution in [0, 0.1) is 6.26 Å². The Morgan fingerprint density at radius 2 is 2.25 bits per heavy atom. The summed E-state index contributed by atoms with van der Waals surface area (Å²) in [7, 11) is 1.57. The first-order valence-electron chi connectivity index (χ1n) is 2.06. The molecule has 0 aromatic heterocycles. The molecule has 0 saturated carbocycles. The SMILES string of the molecule is CC=[C-]OCOC.[Li+]. The van der Waals surface area contributed by atoms with Crippen LogP contribution < -0.4 is 18.9 Å². The fourth-order valence-corrected chi connectivity index (χ4v) is 0.176. The van der Waals surface area contributed by atoms with Crippen LogP contribution in [0.4, 0.5) is 0 Å². The second-order valence-corrected chi connectivity index (χ2v) is 0.957. The van der Waals surface area contributed by atoms with Gasteiger partial charge in [-0.15, -0.1) is 0 Å². The van der Waals surface area contributed by atoms with E-state index in [9.17, 15) is 0 Å². The first-order valence-corrected chi connectivity index (χ1v) is 2.06. The van der Waals surface area contributed by atoms with Crippen molar-refractivity contribution >= 4 is 0 Å². The summed E-state index contributed by atoms with van der Waals surface area (Å²) in [4.78, 5) is 0. The Hall–Kier alpha value is 0.0974. The Morgan fingerprint density at radius 1 is 1.62 bits per heavy atom. The van der Waals surface area contributed by atoms with Gasteiger partial charge in [-0.3, -0.25) is 0 Å². The van der Waals surface area contributed by atoms with Gasteiger partial charge >= 0.3 is 18.9 Å². The summed E-state index contributed by atoms with van der Waals surface area (Å²) >= 11 is 0. The van der Waals surface area contributed by atoms with Gasteiger partial charge in [0.25, 0.3) is 0 Å². The summed E-state index contributed by atoms with van der Waals surface area (Å²) in [5.41, 5.74) is 0. The average molecular weight is 108 g/mol. The van der Waals surface area contributed by atoms with E-state index in [1.54, 1.807) is 13.2 Å². The zero-order chi connectivity index (χ0) is 5.54. The van der Waals surface area contributed by atoms with E-state index in [1.807, 2.05) is 6.92 Å². The molecule has 42 valence electrons. The summed E-state index contributed by atoms with van der Waals surface area (Å²) in [6, 6.07) is 0. The monoisotopic (exact) mass is 108 g/mol. The molecule has 0 fully saturated rings. The van der Waals surface area contributed by atoms with Gasteiger partial charge in [0, 0.05) is 7.11 Å². The van der Waals surface area contributed by atoms with Gasteiger partial charge in [-0.1, -0.05) is 6.92 Å². The second kappa shape index (κ2) is 10.2. The Bertz CT molecular complexity index is 54.4. The average Bonchev–Trinajstić information content (AvgIpc) is 1.69. The summed E-state index contributed by atoms with van der Waals surface area (Å²) in [6.45, 7) is 2.11. The molecule has 2 nitrogen and oxygen atoms in total. The van der Waals surface area contributed by atoms with Crippen LogP contribution in [-0.2, 0) is 9.47 Å². The molecule has 0 spiro atoms. The maximum Gasteiger partial charge on any atom is 1.00 e. The van der Waals surface area contributed by atoms with Gasteiger partial charge in [0.1, 0.15) is 0 Å². The molecular weight excluding hydrogens is 99.0 g/mol. The summed E-state index contributed by atoms with van der Waals surface area (Å²) in [6.07, 6.45) is 4.18. The molecule has 0 rings (SSSR count). The summed E-state index contributed by atoms with van der Waals surface area (Å²) < 4.78 is 9.14. The molecule has 0 saturated heterocycles. The van der Waals surface area contributed by atoms with Crippen molar-refractivity contribution in [2.75, 3.05) is 13.9 Å². The van der Waals surface area contributed by atoms with Crippen molar-refractivity contribution < 1.29 is 28.3 Å². The summed E-state index contributed by atoms with van der Waals surface area (Å²) in [5.74, 6) is 0. The maximum atomic E-state index is 4.60. The molecule has 0 aliphatic rings. The van der Waals surface area contributed by atoms with E-state index in [0.717, 1.165) is 0 Å². The van der Waals surface area contributed by atoms with E-state index in [2.05, 4.69) is 15.7 Å². The van der Waals surface area contributed by atoms with Crippen molar-refractivity contribution in [3.63, 3.8) is 0 Å². The molecule has 0 aliphatic heterocycles. The van der Waals surface area contributed by atoms with E-state index >= 15 is 0 Å². The molecule has 0 atom stereocenters. The first kappa shape index (κ1) is 11.0. The van der Waals surface area contributed by atoms with E-state index in [1.165, 1.54) is 0 Å². The van der Waals surface area contributed by atoms with E-state index in [-0.39, 0.29) is 25.7 Å². The molecule has 0 aromatic carbocycles. The van der Waals surface area contributed by atoms with Crippen LogP contribution in [0.1, 0.15) is 6.92 Å². The topological polar surface area (TPSA) is 18.5 Å². The minimum atomic E-state index is 0. The molecule has 0 N–H and O–H groups in total. The molecule has 0 unspecified atom stereocenters. The third kappa shape index (κ3) is 9.44. The molecule has 8 heavy (non-hydrogen) atoms. The predicted molar refractivity (Wildman–Crippen MR) is 26.4 cm³/mol. The number of ether oxygens (including phenoxy) is 2. The van der Waals surface area contributed by atoms with Gasteiger partial charge in [0.15, 0.2) is 6.79 Å². The number of allylic oxidation sites excluding steroid dienone is 1. The molecule has 0 bridgehead atoms. The number of rotatable bonds is 3. The van der Waals surface area contributed by atoms with Gasteiger partial charge in [0.2, 0.25) is 0 Å². The molecule has 0 heterocycles. The van der Waals surface area contributed by atoms with Gasteiger partial charge < -0.3 is 15.7 Å². The number of methoxy groups -OCH3 is 1. The number of hydrogen-bond donors (Lipinski definition) is 0. The van der Waals surface area contributed by atoms with E-state index in [0.29, 0.717) is 0 Å². The van der Waals surface area contributed by atoms with Gasteiger partial charge in [-0.25, -0.2) is 6.08 Å². The fourth-order valence-electron chi connectivity index (χ4n) is 0.176. The molecule has 0 aromatic rings.